The fourth-order valence-electron chi connectivity index (χ4n) is 3.07. The van der Waals surface area contributed by atoms with Gasteiger partial charge in [-0.25, -0.2) is 17.2 Å². The van der Waals surface area contributed by atoms with Gasteiger partial charge in [0.1, 0.15) is 17.3 Å². The van der Waals surface area contributed by atoms with Crippen molar-refractivity contribution in [3.05, 3.63) is 52.3 Å². The molecule has 1 aromatic heterocycles. The molecule has 3 rings (SSSR count). The molecule has 1 fully saturated rings. The zero-order valence-corrected chi connectivity index (χ0v) is 16.9. The minimum atomic E-state index is -4.31. The Morgan fingerprint density at radius 3 is 2.30 bits per heavy atom. The molecule has 1 aliphatic heterocycles. The fraction of sp³-hybridized carbons (Fsp3) is 0.353. The lowest BCUT2D eigenvalue weighted by atomic mass is 10.3. The van der Waals surface area contributed by atoms with Crippen LogP contribution in [0.4, 0.5) is 8.78 Å². The van der Waals surface area contributed by atoms with Crippen LogP contribution in [-0.4, -0.2) is 54.3 Å². The zero-order chi connectivity index (χ0) is 19.8. The Kier molecular flexibility index (Phi) is 5.68. The topological polar surface area (TPSA) is 62.6 Å². The normalized spacial score (nSPS) is 15.9. The third-order valence-corrected chi connectivity index (χ3v) is 6.85. The number of carbonyl (C=O) groups is 1. The highest BCUT2D eigenvalue weighted by atomic mass is 79.9. The summed E-state index contributed by atoms with van der Waals surface area (Å²) in [5.74, 6) is -2.46. The molecule has 1 aliphatic rings. The van der Waals surface area contributed by atoms with E-state index < -0.39 is 26.6 Å². The molecule has 0 saturated carbocycles. The van der Waals surface area contributed by atoms with E-state index in [2.05, 4.69) is 15.9 Å². The molecule has 0 radical (unpaired) electrons. The average molecular weight is 462 g/mol. The molecule has 0 N–H and O–H groups in total. The number of rotatable bonds is 4. The van der Waals surface area contributed by atoms with Crippen molar-refractivity contribution in [2.75, 3.05) is 26.2 Å². The lowest BCUT2D eigenvalue weighted by molar-refractivity contribution is 0.0686. The monoisotopic (exact) mass is 461 g/mol. The fourth-order valence-corrected chi connectivity index (χ4v) is 5.06. The molecule has 0 unspecified atom stereocenters. The van der Waals surface area contributed by atoms with Crippen LogP contribution in [0.5, 0.6) is 0 Å². The molecular weight excluding hydrogens is 444 g/mol. The Hall–Kier alpha value is -1.78. The summed E-state index contributed by atoms with van der Waals surface area (Å²) >= 11 is 3.34. The average Bonchev–Trinajstić information content (AvgIpc) is 3.01. The summed E-state index contributed by atoms with van der Waals surface area (Å²) < 4.78 is 56.6. The second-order valence-corrected chi connectivity index (χ2v) is 8.87. The molecule has 10 heteroatoms. The summed E-state index contributed by atoms with van der Waals surface area (Å²) in [4.78, 5) is 13.3. The van der Waals surface area contributed by atoms with Crippen molar-refractivity contribution >= 4 is 31.9 Å². The predicted octanol–water partition coefficient (Wildman–Crippen LogP) is 2.70. The van der Waals surface area contributed by atoms with E-state index in [1.54, 1.807) is 16.8 Å². The number of hydrogen-bond donors (Lipinski definition) is 0. The second-order valence-electron chi connectivity index (χ2n) is 6.08. The van der Waals surface area contributed by atoms with Gasteiger partial charge >= 0.3 is 0 Å². The van der Waals surface area contributed by atoms with E-state index in [9.17, 15) is 22.0 Å². The number of benzene rings is 1. The molecule has 27 heavy (non-hydrogen) atoms. The van der Waals surface area contributed by atoms with Crippen molar-refractivity contribution in [1.82, 2.24) is 13.8 Å². The summed E-state index contributed by atoms with van der Waals surface area (Å²) in [6.45, 7) is 2.75. The summed E-state index contributed by atoms with van der Waals surface area (Å²) in [6.07, 6.45) is 1.80. The van der Waals surface area contributed by atoms with E-state index in [-0.39, 0.29) is 32.1 Å². The number of aromatic nitrogens is 1. The van der Waals surface area contributed by atoms with Gasteiger partial charge in [0.25, 0.3) is 5.91 Å². The zero-order valence-electron chi connectivity index (χ0n) is 14.5. The number of sulfonamides is 1. The number of hydrogen-bond acceptors (Lipinski definition) is 3. The minimum absolute atomic E-state index is 0.0319. The second kappa shape index (κ2) is 7.69. The molecule has 1 amide bonds. The van der Waals surface area contributed by atoms with Gasteiger partial charge in [0.05, 0.1) is 0 Å². The van der Waals surface area contributed by atoms with Gasteiger partial charge < -0.3 is 9.47 Å². The number of aryl methyl sites for hydroxylation is 1. The highest BCUT2D eigenvalue weighted by Crippen LogP contribution is 2.24. The van der Waals surface area contributed by atoms with Crippen LogP contribution >= 0.6 is 15.9 Å². The van der Waals surface area contributed by atoms with E-state index in [1.165, 1.54) is 4.90 Å². The molecule has 0 atom stereocenters. The highest BCUT2D eigenvalue weighted by Gasteiger charge is 2.34. The summed E-state index contributed by atoms with van der Waals surface area (Å²) in [6, 6.07) is 4.64. The first-order valence-electron chi connectivity index (χ1n) is 8.34. The predicted molar refractivity (Wildman–Crippen MR) is 98.8 cm³/mol. The van der Waals surface area contributed by atoms with E-state index >= 15 is 0 Å². The number of carbonyl (C=O) groups excluding carboxylic acids is 1. The number of halogens is 3. The minimum Gasteiger partial charge on any atom is -0.343 e. The smallest absolute Gasteiger partial charge is 0.270 e. The number of nitrogens with zero attached hydrogens (tertiary/aromatic N) is 3. The first-order valence-corrected chi connectivity index (χ1v) is 10.6. The molecule has 1 aromatic carbocycles. The SMILES string of the molecule is CCn1cc(Br)cc1C(=O)N1CCN(S(=O)(=O)c2c(F)cccc2F)CC1. The maximum absolute atomic E-state index is 13.9. The van der Waals surface area contributed by atoms with Crippen LogP contribution in [0.3, 0.4) is 0 Å². The molecule has 6 nitrogen and oxygen atoms in total. The molecule has 146 valence electrons. The summed E-state index contributed by atoms with van der Waals surface area (Å²) in [7, 11) is -4.31. The van der Waals surface area contributed by atoms with Crippen LogP contribution < -0.4 is 0 Å². The maximum atomic E-state index is 13.9. The van der Waals surface area contributed by atoms with Crippen LogP contribution in [0.15, 0.2) is 39.8 Å². The standard InChI is InChI=1S/C17H18BrF2N3O3S/c1-2-21-11-12(18)10-15(21)17(24)22-6-8-23(9-7-22)27(25,26)16-13(19)4-3-5-14(16)20/h3-5,10-11H,2,6-9H2,1H3. The highest BCUT2D eigenvalue weighted by molar-refractivity contribution is 9.10. The quantitative estimate of drug-likeness (QED) is 0.702. The Bertz CT molecular complexity index is 950. The van der Waals surface area contributed by atoms with Gasteiger partial charge in [-0.1, -0.05) is 6.07 Å². The number of piperazine rings is 1. The van der Waals surface area contributed by atoms with Crippen molar-refractivity contribution < 1.29 is 22.0 Å². The van der Waals surface area contributed by atoms with Crippen molar-refractivity contribution in [3.63, 3.8) is 0 Å². The van der Waals surface area contributed by atoms with Crippen molar-refractivity contribution in [2.24, 2.45) is 0 Å². The van der Waals surface area contributed by atoms with Crippen molar-refractivity contribution in [2.45, 2.75) is 18.4 Å². The van der Waals surface area contributed by atoms with E-state index in [4.69, 9.17) is 0 Å². The Balaban J connectivity index is 1.76. The maximum Gasteiger partial charge on any atom is 0.270 e. The van der Waals surface area contributed by atoms with Gasteiger partial charge in [0, 0.05) is 43.4 Å². The van der Waals surface area contributed by atoms with Crippen molar-refractivity contribution in [1.29, 1.82) is 0 Å². The van der Waals surface area contributed by atoms with Crippen LogP contribution in [0.2, 0.25) is 0 Å². The Morgan fingerprint density at radius 1 is 1.15 bits per heavy atom. The first kappa shape index (κ1) is 20.0. The van der Waals surface area contributed by atoms with Gasteiger partial charge in [-0.3, -0.25) is 4.79 Å². The van der Waals surface area contributed by atoms with Crippen LogP contribution in [-0.2, 0) is 16.6 Å². The lowest BCUT2D eigenvalue weighted by Gasteiger charge is -2.34. The molecular formula is C17H18BrF2N3O3S. The molecule has 2 heterocycles. The summed E-state index contributed by atoms with van der Waals surface area (Å²) in [5, 5.41) is 0. The Labute approximate surface area is 164 Å². The van der Waals surface area contributed by atoms with Crippen molar-refractivity contribution in [3.8, 4) is 0 Å². The van der Waals surface area contributed by atoms with E-state index in [0.717, 1.165) is 27.0 Å². The Morgan fingerprint density at radius 2 is 1.74 bits per heavy atom. The van der Waals surface area contributed by atoms with Gasteiger partial charge in [0.15, 0.2) is 4.90 Å². The van der Waals surface area contributed by atoms with Gasteiger partial charge in [-0.15, -0.1) is 0 Å². The molecule has 1 saturated heterocycles. The van der Waals surface area contributed by atoms with Gasteiger partial charge in [-0.2, -0.15) is 4.31 Å². The summed E-state index contributed by atoms with van der Waals surface area (Å²) in [5.41, 5.74) is 0.501. The molecule has 0 spiro atoms. The van der Waals surface area contributed by atoms with Gasteiger partial charge in [-0.05, 0) is 41.1 Å². The van der Waals surface area contributed by atoms with Crippen LogP contribution in [0.25, 0.3) is 0 Å². The molecule has 0 aliphatic carbocycles. The van der Waals surface area contributed by atoms with E-state index in [1.807, 2.05) is 6.92 Å². The largest absolute Gasteiger partial charge is 0.343 e. The lowest BCUT2D eigenvalue weighted by Crippen LogP contribution is -2.51. The van der Waals surface area contributed by atoms with Crippen LogP contribution in [0.1, 0.15) is 17.4 Å². The van der Waals surface area contributed by atoms with Crippen LogP contribution in [0, 0.1) is 11.6 Å². The van der Waals surface area contributed by atoms with E-state index in [0.29, 0.717) is 12.2 Å². The first-order chi connectivity index (χ1) is 12.8. The van der Waals surface area contributed by atoms with Gasteiger partial charge in [0.2, 0.25) is 10.0 Å². The third kappa shape index (κ3) is 3.78. The number of amides is 1. The molecule has 0 bridgehead atoms. The molecule has 2 aromatic rings. The third-order valence-electron chi connectivity index (χ3n) is 4.47.